The van der Waals surface area contributed by atoms with Gasteiger partial charge in [-0.3, -0.25) is 9.78 Å². The lowest BCUT2D eigenvalue weighted by atomic mass is 10.2. The van der Waals surface area contributed by atoms with Gasteiger partial charge in [-0.1, -0.05) is 12.1 Å². The molecule has 6 nitrogen and oxygen atoms in total. The molecule has 6 heteroatoms. The van der Waals surface area contributed by atoms with Crippen molar-refractivity contribution in [2.75, 3.05) is 26.5 Å². The van der Waals surface area contributed by atoms with Crippen molar-refractivity contribution in [3.8, 4) is 0 Å². The third kappa shape index (κ3) is 4.62. The van der Waals surface area contributed by atoms with Crippen molar-refractivity contribution >= 4 is 17.6 Å². The van der Waals surface area contributed by atoms with Crippen LogP contribution in [0.3, 0.4) is 0 Å². The topological polar surface area (TPSA) is 71.5 Å². The molecule has 120 valence electrons. The number of pyridine rings is 1. The van der Waals surface area contributed by atoms with Crippen LogP contribution in [0, 0.1) is 0 Å². The molecule has 0 aliphatic carbocycles. The first kappa shape index (κ1) is 16.6. The van der Waals surface area contributed by atoms with Gasteiger partial charge in [0.25, 0.3) is 5.91 Å². The van der Waals surface area contributed by atoms with E-state index in [0.29, 0.717) is 11.3 Å². The maximum absolute atomic E-state index is 12.2. The number of anilines is 1. The lowest BCUT2D eigenvalue weighted by Gasteiger charge is -2.11. The normalized spacial score (nSPS) is 10.4. The molecule has 1 aromatic heterocycles. The standard InChI is InChI=1S/C17H19N3O3/c1-20(2)11-12-5-4-6-14(9-12)19-16(21)15-8-7-13(10-18-15)17(22)23-3/h4-10H,11H2,1-3H3,(H,19,21). The second kappa shape index (κ2) is 7.51. The lowest BCUT2D eigenvalue weighted by molar-refractivity contribution is 0.0600. The molecule has 0 bridgehead atoms. The van der Waals surface area contributed by atoms with Crippen LogP contribution in [0.2, 0.25) is 0 Å². The molecule has 1 amide bonds. The zero-order valence-electron chi connectivity index (χ0n) is 13.4. The Bertz CT molecular complexity index is 696. The number of methoxy groups -OCH3 is 1. The molecule has 0 spiro atoms. The maximum atomic E-state index is 12.2. The van der Waals surface area contributed by atoms with Crippen molar-refractivity contribution in [3.05, 3.63) is 59.4 Å². The van der Waals surface area contributed by atoms with E-state index in [4.69, 9.17) is 0 Å². The average Bonchev–Trinajstić information content (AvgIpc) is 2.54. The Kier molecular flexibility index (Phi) is 5.43. The SMILES string of the molecule is COC(=O)c1ccc(C(=O)Nc2cccc(CN(C)C)c2)nc1. The number of ether oxygens (including phenoxy) is 1. The molecule has 1 aromatic carbocycles. The van der Waals surface area contributed by atoms with Crippen LogP contribution in [-0.4, -0.2) is 43.0 Å². The van der Waals surface area contributed by atoms with Crippen molar-refractivity contribution in [2.24, 2.45) is 0 Å². The van der Waals surface area contributed by atoms with Crippen molar-refractivity contribution in [3.63, 3.8) is 0 Å². The summed E-state index contributed by atoms with van der Waals surface area (Å²) in [6, 6.07) is 10.6. The largest absolute Gasteiger partial charge is 0.465 e. The quantitative estimate of drug-likeness (QED) is 0.857. The van der Waals surface area contributed by atoms with Gasteiger partial charge in [-0.05, 0) is 43.9 Å². The van der Waals surface area contributed by atoms with Crippen LogP contribution < -0.4 is 5.32 Å². The Hall–Kier alpha value is -2.73. The Morgan fingerprint density at radius 1 is 1.22 bits per heavy atom. The zero-order valence-corrected chi connectivity index (χ0v) is 13.4. The number of carbonyl (C=O) groups excluding carboxylic acids is 2. The smallest absolute Gasteiger partial charge is 0.339 e. The molecule has 2 rings (SSSR count). The van der Waals surface area contributed by atoms with E-state index in [1.54, 1.807) is 0 Å². The second-order valence-electron chi connectivity index (χ2n) is 5.32. The van der Waals surface area contributed by atoms with E-state index in [1.165, 1.54) is 25.4 Å². The fourth-order valence-electron chi connectivity index (χ4n) is 2.07. The van der Waals surface area contributed by atoms with Gasteiger partial charge in [0.2, 0.25) is 0 Å². The molecule has 0 saturated heterocycles. The number of esters is 1. The van der Waals surface area contributed by atoms with Gasteiger partial charge >= 0.3 is 5.97 Å². The van der Waals surface area contributed by atoms with E-state index in [2.05, 4.69) is 15.0 Å². The number of hydrogen-bond donors (Lipinski definition) is 1. The van der Waals surface area contributed by atoms with Gasteiger partial charge in [0.15, 0.2) is 0 Å². The highest BCUT2D eigenvalue weighted by molar-refractivity contribution is 6.03. The molecular weight excluding hydrogens is 294 g/mol. The van der Waals surface area contributed by atoms with Crippen LogP contribution in [0.15, 0.2) is 42.6 Å². The molecule has 2 aromatic rings. The molecule has 0 fully saturated rings. The number of hydrogen-bond acceptors (Lipinski definition) is 5. The van der Waals surface area contributed by atoms with E-state index in [0.717, 1.165) is 12.1 Å². The molecule has 0 atom stereocenters. The minimum atomic E-state index is -0.485. The number of nitrogens with one attached hydrogen (secondary N) is 1. The molecular formula is C17H19N3O3. The second-order valence-corrected chi connectivity index (χ2v) is 5.32. The van der Waals surface area contributed by atoms with E-state index in [-0.39, 0.29) is 11.6 Å². The van der Waals surface area contributed by atoms with Crippen LogP contribution in [0.5, 0.6) is 0 Å². The van der Waals surface area contributed by atoms with Gasteiger partial charge in [0.05, 0.1) is 12.7 Å². The first-order valence-corrected chi connectivity index (χ1v) is 7.09. The summed E-state index contributed by atoms with van der Waals surface area (Å²) in [5.41, 5.74) is 2.34. The third-order valence-electron chi connectivity index (χ3n) is 3.10. The van der Waals surface area contributed by atoms with Crippen LogP contribution in [0.1, 0.15) is 26.4 Å². The summed E-state index contributed by atoms with van der Waals surface area (Å²) in [6.45, 7) is 0.787. The highest BCUT2D eigenvalue weighted by Crippen LogP contribution is 2.13. The Labute approximate surface area is 135 Å². The summed E-state index contributed by atoms with van der Waals surface area (Å²) in [7, 11) is 5.26. The molecule has 1 N–H and O–H groups in total. The molecule has 1 heterocycles. The zero-order chi connectivity index (χ0) is 16.8. The third-order valence-corrected chi connectivity index (χ3v) is 3.10. The van der Waals surface area contributed by atoms with Crippen LogP contribution in [0.4, 0.5) is 5.69 Å². The molecule has 0 radical (unpaired) electrons. The number of rotatable bonds is 5. The Morgan fingerprint density at radius 3 is 2.61 bits per heavy atom. The van der Waals surface area contributed by atoms with Crippen LogP contribution >= 0.6 is 0 Å². The summed E-state index contributed by atoms with van der Waals surface area (Å²) < 4.78 is 4.59. The fourth-order valence-corrected chi connectivity index (χ4v) is 2.07. The van der Waals surface area contributed by atoms with Crippen molar-refractivity contribution < 1.29 is 14.3 Å². The van der Waals surface area contributed by atoms with Crippen molar-refractivity contribution in [1.82, 2.24) is 9.88 Å². The lowest BCUT2D eigenvalue weighted by Crippen LogP contribution is -2.15. The average molecular weight is 313 g/mol. The van der Waals surface area contributed by atoms with Gasteiger partial charge in [-0.15, -0.1) is 0 Å². The van der Waals surface area contributed by atoms with E-state index in [1.807, 2.05) is 43.3 Å². The highest BCUT2D eigenvalue weighted by atomic mass is 16.5. The molecule has 23 heavy (non-hydrogen) atoms. The monoisotopic (exact) mass is 313 g/mol. The summed E-state index contributed by atoms with van der Waals surface area (Å²) in [5.74, 6) is -0.815. The van der Waals surface area contributed by atoms with Crippen molar-refractivity contribution in [1.29, 1.82) is 0 Å². The maximum Gasteiger partial charge on any atom is 0.339 e. The summed E-state index contributed by atoms with van der Waals surface area (Å²) in [4.78, 5) is 29.6. The van der Waals surface area contributed by atoms with Gasteiger partial charge in [-0.2, -0.15) is 0 Å². The molecule has 0 saturated carbocycles. The predicted molar refractivity (Wildman–Crippen MR) is 87.4 cm³/mol. The van der Waals surface area contributed by atoms with Gasteiger partial charge in [-0.25, -0.2) is 4.79 Å². The number of aromatic nitrogens is 1. The van der Waals surface area contributed by atoms with Crippen LogP contribution in [-0.2, 0) is 11.3 Å². The van der Waals surface area contributed by atoms with E-state index in [9.17, 15) is 9.59 Å². The first-order chi connectivity index (χ1) is 11.0. The summed E-state index contributed by atoms with van der Waals surface area (Å²) >= 11 is 0. The molecule has 0 aliphatic rings. The minimum Gasteiger partial charge on any atom is -0.465 e. The number of carbonyl (C=O) groups is 2. The van der Waals surface area contributed by atoms with Gasteiger partial charge in [0, 0.05) is 18.4 Å². The van der Waals surface area contributed by atoms with E-state index < -0.39 is 5.97 Å². The fraction of sp³-hybridized carbons (Fsp3) is 0.235. The number of nitrogens with zero attached hydrogens (tertiary/aromatic N) is 2. The minimum absolute atomic E-state index is 0.232. The number of benzene rings is 1. The summed E-state index contributed by atoms with van der Waals surface area (Å²) in [5, 5.41) is 2.80. The molecule has 0 unspecified atom stereocenters. The van der Waals surface area contributed by atoms with Crippen LogP contribution in [0.25, 0.3) is 0 Å². The van der Waals surface area contributed by atoms with Gasteiger partial charge < -0.3 is 15.0 Å². The Balaban J connectivity index is 2.08. The van der Waals surface area contributed by atoms with Gasteiger partial charge in [0.1, 0.15) is 5.69 Å². The summed E-state index contributed by atoms with van der Waals surface area (Å²) in [6.07, 6.45) is 1.32. The highest BCUT2D eigenvalue weighted by Gasteiger charge is 2.11. The Morgan fingerprint density at radius 2 is 2.00 bits per heavy atom. The molecule has 0 aliphatic heterocycles. The van der Waals surface area contributed by atoms with Crippen molar-refractivity contribution in [2.45, 2.75) is 6.54 Å². The first-order valence-electron chi connectivity index (χ1n) is 7.09. The predicted octanol–water partition coefficient (Wildman–Crippen LogP) is 2.18. The van der Waals surface area contributed by atoms with E-state index >= 15 is 0 Å². The number of amides is 1.